The fourth-order valence-electron chi connectivity index (χ4n) is 0.154. The zero-order valence-electron chi connectivity index (χ0n) is 4.44. The summed E-state index contributed by atoms with van der Waals surface area (Å²) < 4.78 is 0. The summed E-state index contributed by atoms with van der Waals surface area (Å²) in [6.45, 7) is 2.51. The molecule has 0 aliphatic rings. The highest BCUT2D eigenvalue weighted by atomic mass is 16.7. The first-order chi connectivity index (χ1) is 4.18. The molecule has 0 rings (SSSR count). The smallest absolute Gasteiger partial charge is 0.279 e. The van der Waals surface area contributed by atoms with Crippen LogP contribution in [0, 0.1) is 15.0 Å². The van der Waals surface area contributed by atoms with Crippen LogP contribution in [0.5, 0.6) is 0 Å². The average molecular weight is 132 g/mol. The van der Waals surface area contributed by atoms with Gasteiger partial charge < -0.3 is 4.84 Å². The van der Waals surface area contributed by atoms with Crippen LogP contribution in [0.25, 0.3) is 0 Å². The van der Waals surface area contributed by atoms with Crippen molar-refractivity contribution in [3.05, 3.63) is 27.3 Å². The molecule has 0 amide bonds. The van der Waals surface area contributed by atoms with Crippen molar-refractivity contribution in [1.29, 1.82) is 0 Å². The topological polar surface area (TPSA) is 81.8 Å². The molecular weight excluding hydrogens is 128 g/mol. The van der Waals surface area contributed by atoms with Crippen LogP contribution in [0.1, 0.15) is 0 Å². The van der Waals surface area contributed by atoms with Crippen molar-refractivity contribution < 1.29 is 9.76 Å². The van der Waals surface area contributed by atoms with Crippen LogP contribution in [0.3, 0.4) is 0 Å². The van der Waals surface area contributed by atoms with E-state index in [0.717, 1.165) is 0 Å². The van der Waals surface area contributed by atoms with Crippen molar-refractivity contribution in [2.75, 3.05) is 6.61 Å². The molecule has 0 aliphatic carbocycles. The van der Waals surface area contributed by atoms with Gasteiger partial charge in [0.05, 0.1) is 4.92 Å². The third-order valence-electron chi connectivity index (χ3n) is 0.542. The molecule has 0 N–H and O–H groups in total. The molecule has 0 heterocycles. The van der Waals surface area contributed by atoms with Crippen LogP contribution in [-0.4, -0.2) is 11.5 Å². The van der Waals surface area contributed by atoms with Crippen molar-refractivity contribution in [1.82, 2.24) is 0 Å². The highest BCUT2D eigenvalue weighted by Gasteiger charge is 2.05. The first kappa shape index (κ1) is 7.54. The van der Waals surface area contributed by atoms with Crippen molar-refractivity contribution in [3.8, 4) is 0 Å². The minimum absolute atomic E-state index is 0.394. The second-order valence-corrected chi connectivity index (χ2v) is 1.17. The van der Waals surface area contributed by atoms with E-state index in [1.165, 1.54) is 0 Å². The molecule has 0 radical (unpaired) electrons. The molecule has 0 saturated carbocycles. The highest BCUT2D eigenvalue weighted by molar-refractivity contribution is 4.78. The summed E-state index contributed by atoms with van der Waals surface area (Å²) in [6.07, 6.45) is 0. The molecule has 0 aromatic carbocycles. The van der Waals surface area contributed by atoms with Gasteiger partial charge >= 0.3 is 0 Å². The number of nitrogens with zero attached hydrogens (tertiary/aromatic N) is 2. The Morgan fingerprint density at radius 2 is 2.44 bits per heavy atom. The van der Waals surface area contributed by atoms with Gasteiger partial charge in [-0.2, -0.15) is 0 Å². The van der Waals surface area contributed by atoms with Gasteiger partial charge in [0.2, 0.25) is 6.61 Å². The van der Waals surface area contributed by atoms with Gasteiger partial charge in [-0.1, -0.05) is 0 Å². The molecule has 6 nitrogen and oxygen atoms in total. The van der Waals surface area contributed by atoms with Crippen LogP contribution < -0.4 is 0 Å². The zero-order valence-corrected chi connectivity index (χ0v) is 4.44. The van der Waals surface area contributed by atoms with E-state index in [-0.39, 0.29) is 0 Å². The van der Waals surface area contributed by atoms with Crippen molar-refractivity contribution in [2.24, 2.45) is 5.34 Å². The standard InChI is InChI=1S/C3H4N2O4/c1-3(5(7)8)2-9-4-6/h1-2H2. The Balaban J connectivity index is 3.51. The lowest BCUT2D eigenvalue weighted by atomic mass is 10.6. The first-order valence-electron chi connectivity index (χ1n) is 1.95. The lowest BCUT2D eigenvalue weighted by Gasteiger charge is -1.89. The van der Waals surface area contributed by atoms with Gasteiger partial charge in [-0.25, -0.2) is 0 Å². The van der Waals surface area contributed by atoms with Crippen molar-refractivity contribution in [3.63, 3.8) is 0 Å². The minimum atomic E-state index is -0.745. The first-order valence-corrected chi connectivity index (χ1v) is 1.95. The molecule has 0 aliphatic heterocycles. The predicted molar refractivity (Wildman–Crippen MR) is 27.9 cm³/mol. The molecule has 0 aromatic rings. The number of nitro groups is 1. The van der Waals surface area contributed by atoms with E-state index in [4.69, 9.17) is 0 Å². The van der Waals surface area contributed by atoms with E-state index in [1.54, 1.807) is 0 Å². The third kappa shape index (κ3) is 3.15. The monoisotopic (exact) mass is 132 g/mol. The van der Waals surface area contributed by atoms with E-state index in [9.17, 15) is 15.0 Å². The molecule has 0 atom stereocenters. The van der Waals surface area contributed by atoms with Gasteiger partial charge in [-0.15, -0.1) is 4.91 Å². The summed E-state index contributed by atoms with van der Waals surface area (Å²) in [6, 6.07) is 0. The van der Waals surface area contributed by atoms with Gasteiger partial charge in [0.1, 0.15) is 0 Å². The number of hydrogen-bond donors (Lipinski definition) is 0. The minimum Gasteiger partial charge on any atom is -0.352 e. The summed E-state index contributed by atoms with van der Waals surface area (Å²) in [5.41, 5.74) is -0.394. The van der Waals surface area contributed by atoms with Gasteiger partial charge in [0.15, 0.2) is 5.34 Å². The van der Waals surface area contributed by atoms with E-state index in [2.05, 4.69) is 11.4 Å². The van der Waals surface area contributed by atoms with Crippen LogP contribution in [0.2, 0.25) is 0 Å². The molecule has 0 fully saturated rings. The van der Waals surface area contributed by atoms with Crippen LogP contribution >= 0.6 is 0 Å². The van der Waals surface area contributed by atoms with Gasteiger partial charge in [0.25, 0.3) is 5.70 Å². The van der Waals surface area contributed by atoms with Crippen LogP contribution in [-0.2, 0) is 4.84 Å². The Labute approximate surface area is 50.2 Å². The van der Waals surface area contributed by atoms with E-state index >= 15 is 0 Å². The molecule has 0 bridgehead atoms. The SMILES string of the molecule is C=C(CON=O)[N+](=O)[O-]. The molecule has 50 valence electrons. The largest absolute Gasteiger partial charge is 0.352 e. The van der Waals surface area contributed by atoms with E-state index in [1.807, 2.05) is 5.34 Å². The Bertz CT molecular complexity index is 143. The summed E-state index contributed by atoms with van der Waals surface area (Å²) >= 11 is 0. The number of hydrogen-bond acceptors (Lipinski definition) is 5. The molecule has 6 heteroatoms. The van der Waals surface area contributed by atoms with Gasteiger partial charge in [-0.05, 0) is 6.58 Å². The normalized spacial score (nSPS) is 8.00. The summed E-state index contributed by atoms with van der Waals surface area (Å²) in [4.78, 5) is 21.9. The highest BCUT2D eigenvalue weighted by Crippen LogP contribution is 1.90. The molecule has 0 aromatic heterocycles. The maximum Gasteiger partial charge on any atom is 0.279 e. The fourth-order valence-corrected chi connectivity index (χ4v) is 0.154. The molecule has 0 saturated heterocycles. The zero-order chi connectivity index (χ0) is 7.28. The van der Waals surface area contributed by atoms with E-state index < -0.39 is 17.2 Å². The second-order valence-electron chi connectivity index (χ2n) is 1.17. The average Bonchev–Trinajstić information content (AvgIpc) is 1.82. The molecule has 0 unspecified atom stereocenters. The molecule has 9 heavy (non-hydrogen) atoms. The Kier molecular flexibility index (Phi) is 2.96. The predicted octanol–water partition coefficient (Wildman–Crippen LogP) is 0.475. The molecule has 0 spiro atoms. The fraction of sp³-hybridized carbons (Fsp3) is 0.333. The summed E-state index contributed by atoms with van der Waals surface area (Å²) in [7, 11) is 0. The summed E-state index contributed by atoms with van der Waals surface area (Å²) in [5, 5.41) is 11.6. The van der Waals surface area contributed by atoms with Crippen molar-refractivity contribution in [2.45, 2.75) is 0 Å². The Hall–Kier alpha value is -1.46. The Morgan fingerprint density at radius 3 is 2.78 bits per heavy atom. The maximum absolute atomic E-state index is 9.69. The van der Waals surface area contributed by atoms with Gasteiger partial charge in [-0.3, -0.25) is 10.1 Å². The second kappa shape index (κ2) is 3.53. The quantitative estimate of drug-likeness (QED) is 0.316. The van der Waals surface area contributed by atoms with Crippen LogP contribution in [0.15, 0.2) is 17.6 Å². The van der Waals surface area contributed by atoms with E-state index in [0.29, 0.717) is 0 Å². The van der Waals surface area contributed by atoms with Crippen molar-refractivity contribution >= 4 is 0 Å². The van der Waals surface area contributed by atoms with Gasteiger partial charge in [0, 0.05) is 0 Å². The van der Waals surface area contributed by atoms with Crippen LogP contribution in [0.4, 0.5) is 0 Å². The maximum atomic E-state index is 9.69. The molecular formula is C3H4N2O4. The lowest BCUT2D eigenvalue weighted by molar-refractivity contribution is -0.430. The lowest BCUT2D eigenvalue weighted by Crippen LogP contribution is -2.02. The summed E-state index contributed by atoms with van der Waals surface area (Å²) in [5.74, 6) is 0. The Morgan fingerprint density at radius 1 is 1.89 bits per heavy atom. The third-order valence-corrected chi connectivity index (χ3v) is 0.542. The number of rotatable bonds is 4.